The molecule has 10 heteroatoms. The van der Waals surface area contributed by atoms with E-state index in [-0.39, 0.29) is 24.1 Å². The molecule has 0 saturated heterocycles. The highest BCUT2D eigenvalue weighted by atomic mass is 32.1. The number of fused-ring (bicyclic) bond motifs is 1. The first kappa shape index (κ1) is 21.9. The molecule has 2 aromatic carbocycles. The zero-order valence-electron chi connectivity index (χ0n) is 17.3. The SMILES string of the molecule is COc1cccc(OC)c1/C(C=N)=N/C(N)=NCc1nc2cc(NC(C)=O)ccc2s1. The van der Waals surface area contributed by atoms with E-state index in [1.807, 2.05) is 18.2 Å². The van der Waals surface area contributed by atoms with Gasteiger partial charge < -0.3 is 25.9 Å². The number of hydrogen-bond donors (Lipinski definition) is 3. The summed E-state index contributed by atoms with van der Waals surface area (Å²) in [6.07, 6.45) is 1.07. The number of nitrogens with zero attached hydrogens (tertiary/aromatic N) is 3. The summed E-state index contributed by atoms with van der Waals surface area (Å²) in [6, 6.07) is 10.8. The van der Waals surface area contributed by atoms with Crippen molar-refractivity contribution in [3.05, 3.63) is 47.0 Å². The van der Waals surface area contributed by atoms with Gasteiger partial charge in [0.2, 0.25) is 11.9 Å². The third kappa shape index (κ3) is 5.23. The molecule has 160 valence electrons. The molecule has 3 aromatic rings. The minimum atomic E-state index is -0.140. The van der Waals surface area contributed by atoms with E-state index < -0.39 is 0 Å². The maximum atomic E-state index is 11.2. The van der Waals surface area contributed by atoms with Crippen LogP contribution in [0.4, 0.5) is 5.69 Å². The zero-order chi connectivity index (χ0) is 22.4. The van der Waals surface area contributed by atoms with Gasteiger partial charge in [-0.25, -0.2) is 15.0 Å². The van der Waals surface area contributed by atoms with Crippen molar-refractivity contribution in [3.8, 4) is 11.5 Å². The Morgan fingerprint density at radius 2 is 1.97 bits per heavy atom. The minimum Gasteiger partial charge on any atom is -0.496 e. The molecule has 1 amide bonds. The number of hydrogen-bond acceptors (Lipinski definition) is 7. The lowest BCUT2D eigenvalue weighted by Gasteiger charge is -2.12. The van der Waals surface area contributed by atoms with Crippen molar-refractivity contribution in [1.29, 1.82) is 5.41 Å². The third-order valence-corrected chi connectivity index (χ3v) is 5.21. The summed E-state index contributed by atoms with van der Waals surface area (Å²) in [6.45, 7) is 1.69. The average molecular weight is 439 g/mol. The lowest BCUT2D eigenvalue weighted by atomic mass is 10.1. The van der Waals surface area contributed by atoms with E-state index >= 15 is 0 Å². The highest BCUT2D eigenvalue weighted by Gasteiger charge is 2.15. The predicted molar refractivity (Wildman–Crippen MR) is 124 cm³/mol. The maximum Gasteiger partial charge on any atom is 0.221 e. The molecule has 0 saturated carbocycles. The first-order chi connectivity index (χ1) is 14.9. The van der Waals surface area contributed by atoms with Crippen LogP contribution in [0.5, 0.6) is 11.5 Å². The fraction of sp³-hybridized carbons (Fsp3) is 0.190. The maximum absolute atomic E-state index is 11.2. The van der Waals surface area contributed by atoms with Crippen LogP contribution in [-0.4, -0.2) is 43.0 Å². The number of nitrogens with two attached hydrogens (primary N) is 1. The number of carbonyl (C=O) groups is 1. The molecule has 0 aliphatic rings. The number of nitrogens with one attached hydrogen (secondary N) is 2. The van der Waals surface area contributed by atoms with Gasteiger partial charge >= 0.3 is 0 Å². The molecular weight excluding hydrogens is 416 g/mol. The van der Waals surface area contributed by atoms with Crippen LogP contribution < -0.4 is 20.5 Å². The number of aliphatic imine (C=N–C) groups is 2. The molecule has 0 aliphatic heterocycles. The molecular formula is C21H22N6O3S. The second kappa shape index (κ2) is 9.81. The molecule has 0 spiro atoms. The summed E-state index contributed by atoms with van der Waals surface area (Å²) in [4.78, 5) is 24.3. The van der Waals surface area contributed by atoms with Crippen molar-refractivity contribution in [1.82, 2.24) is 4.98 Å². The largest absolute Gasteiger partial charge is 0.496 e. The first-order valence-electron chi connectivity index (χ1n) is 9.22. The Labute approximate surface area is 183 Å². The summed E-state index contributed by atoms with van der Waals surface area (Å²) in [7, 11) is 3.06. The lowest BCUT2D eigenvalue weighted by molar-refractivity contribution is -0.114. The first-order valence-corrected chi connectivity index (χ1v) is 10.0. The van der Waals surface area contributed by atoms with E-state index in [1.165, 1.54) is 32.5 Å². The predicted octanol–water partition coefficient (Wildman–Crippen LogP) is 3.23. The number of amides is 1. The number of methoxy groups -OCH3 is 2. The van der Waals surface area contributed by atoms with Gasteiger partial charge in [0.15, 0.2) is 0 Å². The average Bonchev–Trinajstić information content (AvgIpc) is 3.17. The fourth-order valence-electron chi connectivity index (χ4n) is 2.90. The minimum absolute atomic E-state index is 0.00431. The molecule has 0 bridgehead atoms. The van der Waals surface area contributed by atoms with Crippen LogP contribution in [0.3, 0.4) is 0 Å². The molecule has 4 N–H and O–H groups in total. The van der Waals surface area contributed by atoms with Crippen molar-refractivity contribution in [2.75, 3.05) is 19.5 Å². The molecule has 3 rings (SSSR count). The van der Waals surface area contributed by atoms with Gasteiger partial charge in [0.05, 0.1) is 42.3 Å². The van der Waals surface area contributed by atoms with E-state index in [9.17, 15) is 4.79 Å². The van der Waals surface area contributed by atoms with Crippen LogP contribution in [0.25, 0.3) is 10.2 Å². The van der Waals surface area contributed by atoms with E-state index in [1.54, 1.807) is 18.2 Å². The van der Waals surface area contributed by atoms with Gasteiger partial charge in [0.25, 0.3) is 0 Å². The Kier molecular flexibility index (Phi) is 6.93. The normalized spacial score (nSPS) is 12.0. The van der Waals surface area contributed by atoms with Crippen molar-refractivity contribution in [2.45, 2.75) is 13.5 Å². The van der Waals surface area contributed by atoms with Gasteiger partial charge in [0, 0.05) is 18.8 Å². The second-order valence-electron chi connectivity index (χ2n) is 6.32. The number of anilines is 1. The molecule has 0 radical (unpaired) electrons. The summed E-state index contributed by atoms with van der Waals surface area (Å²) in [5.41, 5.74) is 8.23. The fourth-order valence-corrected chi connectivity index (χ4v) is 3.77. The smallest absolute Gasteiger partial charge is 0.221 e. The Morgan fingerprint density at radius 3 is 2.58 bits per heavy atom. The monoisotopic (exact) mass is 438 g/mol. The van der Waals surface area contributed by atoms with Crippen LogP contribution in [0.2, 0.25) is 0 Å². The van der Waals surface area contributed by atoms with Gasteiger partial charge in [0.1, 0.15) is 16.5 Å². The van der Waals surface area contributed by atoms with Crippen molar-refractivity contribution < 1.29 is 14.3 Å². The number of aromatic nitrogens is 1. The highest BCUT2D eigenvalue weighted by Crippen LogP contribution is 2.29. The molecule has 0 aliphatic carbocycles. The van der Waals surface area contributed by atoms with Crippen LogP contribution in [-0.2, 0) is 11.3 Å². The van der Waals surface area contributed by atoms with Crippen LogP contribution in [0.1, 0.15) is 17.5 Å². The third-order valence-electron chi connectivity index (χ3n) is 4.18. The van der Waals surface area contributed by atoms with Gasteiger partial charge in [-0.2, -0.15) is 0 Å². The van der Waals surface area contributed by atoms with E-state index in [0.717, 1.165) is 21.4 Å². The number of thiazole rings is 1. The summed E-state index contributed by atoms with van der Waals surface area (Å²) >= 11 is 1.48. The Balaban J connectivity index is 1.85. The van der Waals surface area contributed by atoms with Crippen molar-refractivity contribution in [3.63, 3.8) is 0 Å². The summed E-state index contributed by atoms with van der Waals surface area (Å²) in [5.74, 6) is 0.884. The van der Waals surface area contributed by atoms with E-state index in [4.69, 9.17) is 20.6 Å². The Hall–Kier alpha value is -3.79. The molecule has 1 heterocycles. The van der Waals surface area contributed by atoms with Gasteiger partial charge in [-0.05, 0) is 30.3 Å². The second-order valence-corrected chi connectivity index (χ2v) is 7.44. The van der Waals surface area contributed by atoms with Crippen LogP contribution >= 0.6 is 11.3 Å². The van der Waals surface area contributed by atoms with E-state index in [2.05, 4.69) is 20.3 Å². The molecule has 0 fully saturated rings. The standard InChI is InChI=1S/C21H22N6O3S/c1-12(28)25-13-7-8-18-14(9-13)26-19(31-18)11-24-21(23)27-15(10-22)20-16(29-2)5-4-6-17(20)30-3/h4-10,22H,11H2,1-3H3,(H2,23,24)(H,25,28)/b22-10?,27-15+. The Bertz CT molecular complexity index is 1160. The lowest BCUT2D eigenvalue weighted by Crippen LogP contribution is -2.15. The molecule has 31 heavy (non-hydrogen) atoms. The molecule has 0 atom stereocenters. The van der Waals surface area contributed by atoms with Crippen LogP contribution in [0.15, 0.2) is 46.4 Å². The van der Waals surface area contributed by atoms with Crippen molar-refractivity contribution >= 4 is 51.0 Å². The van der Waals surface area contributed by atoms with Crippen LogP contribution in [0, 0.1) is 5.41 Å². The quantitative estimate of drug-likeness (QED) is 0.384. The Morgan fingerprint density at radius 1 is 1.26 bits per heavy atom. The van der Waals surface area contributed by atoms with Gasteiger partial charge in [-0.3, -0.25) is 4.79 Å². The molecule has 9 nitrogen and oxygen atoms in total. The van der Waals surface area contributed by atoms with E-state index in [0.29, 0.717) is 22.7 Å². The molecule has 1 aromatic heterocycles. The topological polar surface area (TPSA) is 135 Å². The summed E-state index contributed by atoms with van der Waals surface area (Å²) in [5, 5.41) is 11.2. The number of guanidine groups is 1. The zero-order valence-corrected chi connectivity index (χ0v) is 18.1. The number of rotatable bonds is 7. The number of ether oxygens (including phenoxy) is 2. The van der Waals surface area contributed by atoms with Crippen molar-refractivity contribution in [2.24, 2.45) is 15.7 Å². The highest BCUT2D eigenvalue weighted by molar-refractivity contribution is 7.18. The number of carbonyl (C=O) groups excluding carboxylic acids is 1. The van der Waals surface area contributed by atoms with Gasteiger partial charge in [-0.1, -0.05) is 6.07 Å². The molecule has 0 unspecified atom stereocenters. The van der Waals surface area contributed by atoms with Gasteiger partial charge in [-0.15, -0.1) is 11.3 Å². The number of benzene rings is 2. The summed E-state index contributed by atoms with van der Waals surface area (Å²) < 4.78 is 11.7.